The lowest BCUT2D eigenvalue weighted by Gasteiger charge is -2.09. The molecule has 0 heterocycles. The molecule has 5 heteroatoms. The van der Waals surface area contributed by atoms with Gasteiger partial charge in [0.25, 0.3) is 0 Å². The lowest BCUT2D eigenvalue weighted by molar-refractivity contribution is 0.596. The molecule has 3 nitrogen and oxygen atoms in total. The first-order chi connectivity index (χ1) is 9.36. The molecule has 0 radical (unpaired) electrons. The molecular weight excluding hydrogens is 338 g/mol. The second kappa shape index (κ2) is 6.08. The summed E-state index contributed by atoms with van der Waals surface area (Å²) in [4.78, 5) is 0.220. The number of primary sulfonamides is 1. The van der Waals surface area contributed by atoms with Gasteiger partial charge in [0.1, 0.15) is 0 Å². The summed E-state index contributed by atoms with van der Waals surface area (Å²) in [6, 6.07) is 13.2. The highest BCUT2D eigenvalue weighted by Gasteiger charge is 2.13. The van der Waals surface area contributed by atoms with Crippen molar-refractivity contribution in [3.05, 3.63) is 63.6 Å². The van der Waals surface area contributed by atoms with E-state index in [0.29, 0.717) is 6.42 Å². The molecule has 0 spiro atoms. The van der Waals surface area contributed by atoms with Gasteiger partial charge in [-0.1, -0.05) is 45.8 Å². The zero-order valence-electron chi connectivity index (χ0n) is 11.1. The van der Waals surface area contributed by atoms with Crippen molar-refractivity contribution >= 4 is 26.0 Å². The van der Waals surface area contributed by atoms with Crippen LogP contribution in [0.1, 0.15) is 16.7 Å². The minimum absolute atomic E-state index is 0.220. The van der Waals surface area contributed by atoms with Crippen LogP contribution in [0.15, 0.2) is 51.8 Å². The van der Waals surface area contributed by atoms with Crippen LogP contribution in [0.25, 0.3) is 0 Å². The molecule has 106 valence electrons. The number of aryl methyl sites for hydroxylation is 3. The molecule has 0 bridgehead atoms. The third-order valence-electron chi connectivity index (χ3n) is 3.09. The van der Waals surface area contributed by atoms with E-state index in [1.807, 2.05) is 37.3 Å². The molecule has 0 aliphatic carbocycles. The topological polar surface area (TPSA) is 60.2 Å². The number of rotatable bonds is 4. The Morgan fingerprint density at radius 1 is 1.10 bits per heavy atom. The first kappa shape index (κ1) is 15.2. The molecule has 0 aliphatic heterocycles. The number of benzene rings is 2. The Kier molecular flexibility index (Phi) is 4.62. The van der Waals surface area contributed by atoms with E-state index in [-0.39, 0.29) is 4.90 Å². The van der Waals surface area contributed by atoms with E-state index in [1.54, 1.807) is 12.1 Å². The van der Waals surface area contributed by atoms with Crippen LogP contribution in [0.4, 0.5) is 0 Å². The largest absolute Gasteiger partial charge is 0.238 e. The fraction of sp³-hybridized carbons (Fsp3) is 0.200. The monoisotopic (exact) mass is 353 g/mol. The lowest BCUT2D eigenvalue weighted by atomic mass is 10.0. The van der Waals surface area contributed by atoms with Gasteiger partial charge in [0.2, 0.25) is 10.0 Å². The Morgan fingerprint density at radius 3 is 2.50 bits per heavy atom. The molecular formula is C15H16BrNO2S. The molecule has 0 atom stereocenters. The van der Waals surface area contributed by atoms with Crippen LogP contribution < -0.4 is 5.14 Å². The molecule has 2 N–H and O–H groups in total. The van der Waals surface area contributed by atoms with Gasteiger partial charge in [0.15, 0.2) is 0 Å². The molecule has 0 saturated heterocycles. The van der Waals surface area contributed by atoms with Crippen LogP contribution in [0.3, 0.4) is 0 Å². The third kappa shape index (κ3) is 3.91. The first-order valence-corrected chi connectivity index (χ1v) is 8.57. The summed E-state index contributed by atoms with van der Waals surface area (Å²) in [6.45, 7) is 1.94. The normalized spacial score (nSPS) is 11.6. The second-order valence-corrected chi connectivity index (χ2v) is 7.23. The van der Waals surface area contributed by atoms with Gasteiger partial charge >= 0.3 is 0 Å². The summed E-state index contributed by atoms with van der Waals surface area (Å²) >= 11 is 3.43. The summed E-state index contributed by atoms with van der Waals surface area (Å²) in [6.07, 6.45) is 1.41. The molecule has 0 aliphatic rings. The first-order valence-electron chi connectivity index (χ1n) is 6.23. The number of hydrogen-bond donors (Lipinski definition) is 1. The van der Waals surface area contributed by atoms with Crippen molar-refractivity contribution in [3.63, 3.8) is 0 Å². The van der Waals surface area contributed by atoms with Gasteiger partial charge < -0.3 is 0 Å². The summed E-state index contributed by atoms with van der Waals surface area (Å²) in [7, 11) is -3.67. The molecule has 2 rings (SSSR count). The average molecular weight is 354 g/mol. The van der Waals surface area contributed by atoms with Crippen molar-refractivity contribution in [2.24, 2.45) is 5.14 Å². The molecule has 0 aromatic heterocycles. The third-order valence-corrected chi connectivity index (χ3v) is 4.60. The molecule has 20 heavy (non-hydrogen) atoms. The smallest absolute Gasteiger partial charge is 0.225 e. The Labute approximate surface area is 128 Å². The summed E-state index contributed by atoms with van der Waals surface area (Å²) in [5.74, 6) is 0. The van der Waals surface area contributed by atoms with Crippen molar-refractivity contribution < 1.29 is 8.42 Å². The van der Waals surface area contributed by atoms with Crippen LogP contribution in [0.5, 0.6) is 0 Å². The van der Waals surface area contributed by atoms with Gasteiger partial charge in [0.05, 0.1) is 4.90 Å². The fourth-order valence-corrected chi connectivity index (χ4v) is 3.38. The minimum atomic E-state index is -3.67. The second-order valence-electron chi connectivity index (χ2n) is 4.79. The lowest BCUT2D eigenvalue weighted by Crippen LogP contribution is -2.15. The number of halogens is 1. The highest BCUT2D eigenvalue weighted by atomic mass is 79.9. The Bertz CT molecular complexity index is 726. The zero-order chi connectivity index (χ0) is 14.8. The van der Waals surface area contributed by atoms with E-state index in [1.165, 1.54) is 0 Å². The van der Waals surface area contributed by atoms with E-state index >= 15 is 0 Å². The average Bonchev–Trinajstić information content (AvgIpc) is 2.35. The predicted octanol–water partition coefficient (Wildman–Crippen LogP) is 3.19. The van der Waals surface area contributed by atoms with Gasteiger partial charge in [-0.15, -0.1) is 0 Å². The Morgan fingerprint density at radius 2 is 1.85 bits per heavy atom. The molecule has 0 amide bonds. The summed E-state index contributed by atoms with van der Waals surface area (Å²) < 4.78 is 24.2. The van der Waals surface area contributed by atoms with Crippen LogP contribution in [0, 0.1) is 6.92 Å². The number of hydrogen-bond acceptors (Lipinski definition) is 2. The van der Waals surface area contributed by atoms with Gasteiger partial charge in [-0.2, -0.15) is 0 Å². The minimum Gasteiger partial charge on any atom is -0.225 e. The molecule has 2 aromatic rings. The van der Waals surface area contributed by atoms with Gasteiger partial charge in [-0.25, -0.2) is 13.6 Å². The maximum Gasteiger partial charge on any atom is 0.238 e. The predicted molar refractivity (Wildman–Crippen MR) is 84.1 cm³/mol. The van der Waals surface area contributed by atoms with Crippen LogP contribution in [-0.2, 0) is 22.9 Å². The van der Waals surface area contributed by atoms with E-state index < -0.39 is 10.0 Å². The highest BCUT2D eigenvalue weighted by molar-refractivity contribution is 9.10. The maximum absolute atomic E-state index is 11.6. The quantitative estimate of drug-likeness (QED) is 0.917. The number of nitrogens with two attached hydrogens (primary N) is 1. The van der Waals surface area contributed by atoms with Crippen LogP contribution >= 0.6 is 15.9 Å². The molecule has 2 aromatic carbocycles. The molecule has 0 saturated carbocycles. The maximum atomic E-state index is 11.6. The summed E-state index contributed by atoms with van der Waals surface area (Å²) in [5.41, 5.74) is 2.95. The fourth-order valence-electron chi connectivity index (χ4n) is 2.15. The summed E-state index contributed by atoms with van der Waals surface area (Å²) in [5, 5.41) is 5.27. The van der Waals surface area contributed by atoms with E-state index in [9.17, 15) is 8.42 Å². The van der Waals surface area contributed by atoms with Gasteiger partial charge in [0, 0.05) is 4.47 Å². The van der Waals surface area contributed by atoms with Crippen molar-refractivity contribution in [1.29, 1.82) is 0 Å². The van der Waals surface area contributed by atoms with Crippen molar-refractivity contribution in [3.8, 4) is 0 Å². The standard InChI is InChI=1S/C15H16BrNO2S/c1-11-5-8-15(20(17,18)19)13(9-11)7-6-12-3-2-4-14(16)10-12/h2-5,8-10H,6-7H2,1H3,(H2,17,18,19). The highest BCUT2D eigenvalue weighted by Crippen LogP contribution is 2.19. The van der Waals surface area contributed by atoms with Gasteiger partial charge in [-0.3, -0.25) is 0 Å². The van der Waals surface area contributed by atoms with E-state index in [2.05, 4.69) is 15.9 Å². The van der Waals surface area contributed by atoms with E-state index in [0.717, 1.165) is 27.6 Å². The number of sulfonamides is 1. The van der Waals surface area contributed by atoms with Crippen molar-refractivity contribution in [2.45, 2.75) is 24.7 Å². The molecule has 0 unspecified atom stereocenters. The van der Waals surface area contributed by atoms with Crippen molar-refractivity contribution in [2.75, 3.05) is 0 Å². The Balaban J connectivity index is 2.27. The van der Waals surface area contributed by atoms with Crippen LogP contribution in [0.2, 0.25) is 0 Å². The Hall–Kier alpha value is -1.17. The zero-order valence-corrected chi connectivity index (χ0v) is 13.5. The SMILES string of the molecule is Cc1ccc(S(N)(=O)=O)c(CCc2cccc(Br)c2)c1. The van der Waals surface area contributed by atoms with E-state index in [4.69, 9.17) is 5.14 Å². The van der Waals surface area contributed by atoms with Crippen molar-refractivity contribution in [1.82, 2.24) is 0 Å². The van der Waals surface area contributed by atoms with Crippen LogP contribution in [-0.4, -0.2) is 8.42 Å². The molecule has 0 fully saturated rings. The van der Waals surface area contributed by atoms with Gasteiger partial charge in [-0.05, 0) is 49.1 Å².